The van der Waals surface area contributed by atoms with Crippen molar-refractivity contribution >= 4 is 34.4 Å². The minimum absolute atomic E-state index is 0.209. The number of nitrogens with zero attached hydrogens (tertiary/aromatic N) is 2. The number of hydrogen-bond acceptors (Lipinski definition) is 3. The summed E-state index contributed by atoms with van der Waals surface area (Å²) in [6.45, 7) is 2.02. The highest BCUT2D eigenvalue weighted by molar-refractivity contribution is 7.11. The third-order valence-electron chi connectivity index (χ3n) is 3.43. The Bertz CT molecular complexity index is 829. The Morgan fingerprint density at radius 2 is 2.14 bits per heavy atom. The number of benzene rings is 1. The van der Waals surface area contributed by atoms with Gasteiger partial charge in [-0.05, 0) is 36.1 Å². The summed E-state index contributed by atoms with van der Waals surface area (Å²) >= 11 is 1.60. The molecule has 21 heavy (non-hydrogen) atoms. The molecule has 0 atom stereocenters. The number of carbonyl (C=O) groups is 1. The molecule has 2 aromatic heterocycles. The van der Waals surface area contributed by atoms with E-state index in [1.54, 1.807) is 17.6 Å². The standard InChI is InChI=1S/C16H15N3OS/c1-11-7-8-21-15(11)10-17-18-16(20)14-9-12-5-3-4-6-13(12)19(14)2/h3-10H,1-2H3,(H,18,20)/b17-10+. The van der Waals surface area contributed by atoms with Crippen LogP contribution in [0.5, 0.6) is 0 Å². The highest BCUT2D eigenvalue weighted by atomic mass is 32.1. The summed E-state index contributed by atoms with van der Waals surface area (Å²) in [6, 6.07) is 11.8. The third-order valence-corrected chi connectivity index (χ3v) is 4.39. The van der Waals surface area contributed by atoms with Crippen LogP contribution in [0, 0.1) is 6.92 Å². The Labute approximate surface area is 126 Å². The van der Waals surface area contributed by atoms with Crippen molar-refractivity contribution in [1.82, 2.24) is 9.99 Å². The summed E-state index contributed by atoms with van der Waals surface area (Å²) < 4.78 is 1.87. The molecule has 2 heterocycles. The lowest BCUT2D eigenvalue weighted by Gasteiger charge is -2.02. The molecule has 5 heteroatoms. The fraction of sp³-hybridized carbons (Fsp3) is 0.125. The lowest BCUT2D eigenvalue weighted by molar-refractivity contribution is 0.0947. The summed E-state index contributed by atoms with van der Waals surface area (Å²) in [5.41, 5.74) is 5.36. The molecule has 1 amide bonds. The van der Waals surface area contributed by atoms with Crippen LogP contribution in [0.25, 0.3) is 10.9 Å². The number of nitrogens with one attached hydrogen (secondary N) is 1. The van der Waals surface area contributed by atoms with Gasteiger partial charge in [0.05, 0.1) is 6.21 Å². The molecule has 106 valence electrons. The molecule has 0 aliphatic rings. The van der Waals surface area contributed by atoms with Crippen LogP contribution in [0.4, 0.5) is 0 Å². The normalized spacial score (nSPS) is 11.3. The van der Waals surface area contributed by atoms with Crippen LogP contribution in [0.1, 0.15) is 20.9 Å². The van der Waals surface area contributed by atoms with Crippen molar-refractivity contribution in [3.8, 4) is 0 Å². The molecule has 0 unspecified atom stereocenters. The van der Waals surface area contributed by atoms with Gasteiger partial charge in [0, 0.05) is 22.8 Å². The number of para-hydroxylation sites is 1. The maximum Gasteiger partial charge on any atom is 0.287 e. The second-order valence-corrected chi connectivity index (χ2v) is 5.76. The Morgan fingerprint density at radius 1 is 1.33 bits per heavy atom. The monoisotopic (exact) mass is 297 g/mol. The summed E-state index contributed by atoms with van der Waals surface area (Å²) in [5, 5.41) is 7.08. The van der Waals surface area contributed by atoms with Crippen LogP contribution in [0.15, 0.2) is 46.9 Å². The van der Waals surface area contributed by atoms with E-state index in [4.69, 9.17) is 0 Å². The highest BCUT2D eigenvalue weighted by Gasteiger charge is 2.12. The molecule has 3 aromatic rings. The minimum atomic E-state index is -0.209. The van der Waals surface area contributed by atoms with Gasteiger partial charge >= 0.3 is 0 Å². The van der Waals surface area contributed by atoms with Gasteiger partial charge in [0.2, 0.25) is 0 Å². The number of aromatic nitrogens is 1. The average Bonchev–Trinajstić information content (AvgIpc) is 3.04. The van der Waals surface area contributed by atoms with Crippen LogP contribution >= 0.6 is 11.3 Å². The molecular formula is C16H15N3OS. The quantitative estimate of drug-likeness (QED) is 0.585. The fourth-order valence-corrected chi connectivity index (χ4v) is 3.02. The lowest BCUT2D eigenvalue weighted by Crippen LogP contribution is -2.20. The topological polar surface area (TPSA) is 46.4 Å². The van der Waals surface area contributed by atoms with Crippen molar-refractivity contribution < 1.29 is 4.79 Å². The Kier molecular flexibility index (Phi) is 3.58. The predicted molar refractivity (Wildman–Crippen MR) is 87.0 cm³/mol. The number of hydrogen-bond donors (Lipinski definition) is 1. The van der Waals surface area contributed by atoms with Crippen molar-refractivity contribution in [3.63, 3.8) is 0 Å². The van der Waals surface area contributed by atoms with Crippen LogP contribution in [0.2, 0.25) is 0 Å². The van der Waals surface area contributed by atoms with E-state index < -0.39 is 0 Å². The SMILES string of the molecule is Cc1ccsc1/C=N/NC(=O)c1cc2ccccc2n1C. The number of thiophene rings is 1. The van der Waals surface area contributed by atoms with Gasteiger partial charge in [-0.25, -0.2) is 5.43 Å². The smallest absolute Gasteiger partial charge is 0.287 e. The van der Waals surface area contributed by atoms with Gasteiger partial charge < -0.3 is 4.57 Å². The number of aryl methyl sites for hydroxylation is 2. The van der Waals surface area contributed by atoms with E-state index in [0.717, 1.165) is 21.3 Å². The van der Waals surface area contributed by atoms with Crippen molar-refractivity contribution in [3.05, 3.63) is 57.9 Å². The average molecular weight is 297 g/mol. The maximum atomic E-state index is 12.2. The zero-order valence-electron chi connectivity index (χ0n) is 11.8. The Balaban J connectivity index is 1.80. The summed E-state index contributed by atoms with van der Waals surface area (Å²) in [5.74, 6) is -0.209. The van der Waals surface area contributed by atoms with E-state index in [1.165, 1.54) is 0 Å². The molecule has 0 fully saturated rings. The third kappa shape index (κ3) is 2.60. The van der Waals surface area contributed by atoms with Crippen LogP contribution in [-0.4, -0.2) is 16.7 Å². The van der Waals surface area contributed by atoms with Crippen LogP contribution in [-0.2, 0) is 7.05 Å². The highest BCUT2D eigenvalue weighted by Crippen LogP contribution is 2.18. The molecule has 1 aromatic carbocycles. The number of fused-ring (bicyclic) bond motifs is 1. The van der Waals surface area contributed by atoms with Gasteiger partial charge in [0.15, 0.2) is 0 Å². The predicted octanol–water partition coefficient (Wildman–Crippen LogP) is 3.31. The molecule has 0 aliphatic heterocycles. The van der Waals surface area contributed by atoms with E-state index in [2.05, 4.69) is 10.5 Å². The van der Waals surface area contributed by atoms with Gasteiger partial charge in [-0.15, -0.1) is 11.3 Å². The molecule has 0 spiro atoms. The molecule has 0 aliphatic carbocycles. The summed E-state index contributed by atoms with van der Waals surface area (Å²) in [4.78, 5) is 13.3. The van der Waals surface area contributed by atoms with Crippen molar-refractivity contribution in [2.45, 2.75) is 6.92 Å². The number of amides is 1. The fourth-order valence-electron chi connectivity index (χ4n) is 2.23. The first-order chi connectivity index (χ1) is 10.2. The molecule has 3 rings (SSSR count). The van der Waals surface area contributed by atoms with Crippen molar-refractivity contribution in [2.24, 2.45) is 12.1 Å². The molecule has 0 radical (unpaired) electrons. The zero-order valence-corrected chi connectivity index (χ0v) is 12.6. The van der Waals surface area contributed by atoms with Crippen molar-refractivity contribution in [2.75, 3.05) is 0 Å². The van der Waals surface area contributed by atoms with Gasteiger partial charge in [0.1, 0.15) is 5.69 Å². The lowest BCUT2D eigenvalue weighted by atomic mass is 10.2. The maximum absolute atomic E-state index is 12.2. The van der Waals surface area contributed by atoms with E-state index in [1.807, 2.05) is 60.3 Å². The van der Waals surface area contributed by atoms with Crippen LogP contribution < -0.4 is 5.43 Å². The first kappa shape index (κ1) is 13.6. The van der Waals surface area contributed by atoms with Crippen LogP contribution in [0.3, 0.4) is 0 Å². The van der Waals surface area contributed by atoms with E-state index in [-0.39, 0.29) is 5.91 Å². The number of rotatable bonds is 3. The number of hydrazone groups is 1. The molecule has 0 saturated heterocycles. The largest absolute Gasteiger partial charge is 0.340 e. The molecule has 1 N–H and O–H groups in total. The first-order valence-electron chi connectivity index (χ1n) is 6.59. The first-order valence-corrected chi connectivity index (χ1v) is 7.47. The van der Waals surface area contributed by atoms with Gasteiger partial charge in [-0.2, -0.15) is 5.10 Å². The second-order valence-electron chi connectivity index (χ2n) is 4.81. The van der Waals surface area contributed by atoms with Gasteiger partial charge in [0.25, 0.3) is 5.91 Å². The molecule has 0 bridgehead atoms. The van der Waals surface area contributed by atoms with E-state index >= 15 is 0 Å². The summed E-state index contributed by atoms with van der Waals surface area (Å²) in [6.07, 6.45) is 1.68. The zero-order chi connectivity index (χ0) is 14.8. The minimum Gasteiger partial charge on any atom is -0.340 e. The molecular weight excluding hydrogens is 282 g/mol. The second kappa shape index (κ2) is 5.54. The van der Waals surface area contributed by atoms with E-state index in [9.17, 15) is 4.79 Å². The van der Waals surface area contributed by atoms with Gasteiger partial charge in [-0.1, -0.05) is 18.2 Å². The van der Waals surface area contributed by atoms with Crippen molar-refractivity contribution in [1.29, 1.82) is 0 Å². The summed E-state index contributed by atoms with van der Waals surface area (Å²) in [7, 11) is 1.88. The Hall–Kier alpha value is -2.40. The number of carbonyl (C=O) groups excluding carboxylic acids is 1. The molecule has 0 saturated carbocycles. The molecule has 4 nitrogen and oxygen atoms in total. The van der Waals surface area contributed by atoms with E-state index in [0.29, 0.717) is 5.69 Å². The van der Waals surface area contributed by atoms with Gasteiger partial charge in [-0.3, -0.25) is 4.79 Å². The Morgan fingerprint density at radius 3 is 2.86 bits per heavy atom.